The van der Waals surface area contributed by atoms with E-state index in [0.717, 1.165) is 11.4 Å². The van der Waals surface area contributed by atoms with Gasteiger partial charge in [0.25, 0.3) is 0 Å². The molecule has 0 saturated heterocycles. The van der Waals surface area contributed by atoms with Gasteiger partial charge < -0.3 is 14.8 Å². The number of ether oxygens (including phenoxy) is 2. The van der Waals surface area contributed by atoms with Crippen LogP contribution < -0.4 is 14.8 Å². The second-order valence-corrected chi connectivity index (χ2v) is 7.54. The molecule has 21 heavy (non-hydrogen) atoms. The van der Waals surface area contributed by atoms with Crippen LogP contribution in [0.25, 0.3) is 0 Å². The van der Waals surface area contributed by atoms with Gasteiger partial charge in [-0.1, -0.05) is 0 Å². The lowest BCUT2D eigenvalue weighted by Crippen LogP contribution is -2.23. The lowest BCUT2D eigenvalue weighted by molar-refractivity contribution is 0.332. The van der Waals surface area contributed by atoms with Crippen molar-refractivity contribution >= 4 is 15.5 Å². The first-order valence-corrected chi connectivity index (χ1v) is 8.97. The van der Waals surface area contributed by atoms with Gasteiger partial charge in [0, 0.05) is 12.6 Å². The van der Waals surface area contributed by atoms with Gasteiger partial charge in [-0.25, -0.2) is 8.42 Å². The molecule has 1 aromatic rings. The Morgan fingerprint density at radius 3 is 2.38 bits per heavy atom. The van der Waals surface area contributed by atoms with Gasteiger partial charge in [-0.3, -0.25) is 0 Å². The average molecular weight is 315 g/mol. The quantitative estimate of drug-likeness (QED) is 0.759. The molecule has 0 radical (unpaired) electrons. The third-order valence-electron chi connectivity index (χ3n) is 2.98. The fourth-order valence-corrected chi connectivity index (χ4v) is 2.61. The van der Waals surface area contributed by atoms with Crippen LogP contribution >= 0.6 is 0 Å². The van der Waals surface area contributed by atoms with Crippen molar-refractivity contribution in [3.8, 4) is 11.5 Å². The van der Waals surface area contributed by atoms with Crippen LogP contribution in [-0.2, 0) is 9.84 Å². The van der Waals surface area contributed by atoms with E-state index in [2.05, 4.69) is 5.32 Å². The normalized spacial score (nSPS) is 11.5. The van der Waals surface area contributed by atoms with Crippen molar-refractivity contribution in [3.05, 3.63) is 18.2 Å². The van der Waals surface area contributed by atoms with E-state index in [1.165, 1.54) is 0 Å². The molecule has 0 spiro atoms. The Bertz CT molecular complexity index is 541. The average Bonchev–Trinajstić information content (AvgIpc) is 2.41. The van der Waals surface area contributed by atoms with Crippen molar-refractivity contribution in [2.45, 2.75) is 32.9 Å². The van der Waals surface area contributed by atoms with Crippen molar-refractivity contribution in [2.75, 3.05) is 30.8 Å². The summed E-state index contributed by atoms with van der Waals surface area (Å²) in [6.45, 7) is 8.67. The molecule has 0 atom stereocenters. The predicted molar refractivity (Wildman–Crippen MR) is 86.2 cm³/mol. The molecule has 6 heteroatoms. The molecule has 0 unspecified atom stereocenters. The summed E-state index contributed by atoms with van der Waals surface area (Å²) in [4.78, 5) is 0. The maximum Gasteiger partial charge on any atom is 0.154 e. The maximum absolute atomic E-state index is 11.8. The summed E-state index contributed by atoms with van der Waals surface area (Å²) >= 11 is 0. The summed E-state index contributed by atoms with van der Waals surface area (Å²) in [7, 11) is -3.05. The van der Waals surface area contributed by atoms with E-state index in [0.29, 0.717) is 25.5 Å². The van der Waals surface area contributed by atoms with E-state index in [9.17, 15) is 8.42 Å². The molecule has 0 aliphatic rings. The molecule has 0 aliphatic carbocycles. The zero-order chi connectivity index (χ0) is 15.9. The van der Waals surface area contributed by atoms with Gasteiger partial charge in [-0.2, -0.15) is 0 Å². The van der Waals surface area contributed by atoms with E-state index in [-0.39, 0.29) is 11.0 Å². The number of benzene rings is 1. The summed E-state index contributed by atoms with van der Waals surface area (Å²) in [5.41, 5.74) is 0.752. The van der Waals surface area contributed by atoms with Crippen LogP contribution in [0.3, 0.4) is 0 Å². The van der Waals surface area contributed by atoms with Gasteiger partial charge in [0.2, 0.25) is 0 Å². The zero-order valence-corrected chi connectivity index (χ0v) is 14.0. The largest absolute Gasteiger partial charge is 0.494 e. The number of hydrogen-bond donors (Lipinski definition) is 1. The molecule has 0 fully saturated rings. The van der Waals surface area contributed by atoms with E-state index in [1.807, 2.05) is 32.0 Å². The number of rotatable bonds is 9. The van der Waals surface area contributed by atoms with E-state index >= 15 is 0 Å². The van der Waals surface area contributed by atoms with Crippen molar-refractivity contribution < 1.29 is 17.9 Å². The molecule has 0 saturated carbocycles. The number of nitrogens with one attached hydrogen (secondary N) is 1. The third kappa shape index (κ3) is 5.46. The van der Waals surface area contributed by atoms with Gasteiger partial charge in [-0.05, 0) is 39.8 Å². The van der Waals surface area contributed by atoms with Crippen molar-refractivity contribution in [2.24, 2.45) is 0 Å². The first-order valence-electron chi connectivity index (χ1n) is 7.25. The second-order valence-electron chi connectivity index (χ2n) is 4.87. The Hall–Kier alpha value is -1.43. The van der Waals surface area contributed by atoms with E-state index in [1.54, 1.807) is 13.8 Å². The lowest BCUT2D eigenvalue weighted by Gasteiger charge is -2.15. The molecule has 5 nitrogen and oxygen atoms in total. The Labute approximate surface area is 127 Å². The zero-order valence-electron chi connectivity index (χ0n) is 13.2. The highest BCUT2D eigenvalue weighted by atomic mass is 32.2. The highest BCUT2D eigenvalue weighted by Crippen LogP contribution is 2.29. The monoisotopic (exact) mass is 315 g/mol. The summed E-state index contributed by atoms with van der Waals surface area (Å²) in [5, 5.41) is 2.76. The SMILES string of the molecule is CCOc1ccc(OCC)c(NCCS(=O)(=O)C(C)C)c1. The highest BCUT2D eigenvalue weighted by molar-refractivity contribution is 7.92. The molecule has 0 aliphatic heterocycles. The molecule has 1 aromatic carbocycles. The standard InChI is InChI=1S/C15H25NO4S/c1-5-19-13-7-8-15(20-6-2)14(11-13)16-9-10-21(17,18)12(3)4/h7-8,11-12,16H,5-6,9-10H2,1-4H3. The van der Waals surface area contributed by atoms with Crippen LogP contribution in [0.4, 0.5) is 5.69 Å². The summed E-state index contributed by atoms with van der Waals surface area (Å²) in [5.74, 6) is 1.52. The van der Waals surface area contributed by atoms with Crippen molar-refractivity contribution in [1.29, 1.82) is 0 Å². The fourth-order valence-electron chi connectivity index (χ4n) is 1.75. The molecule has 1 N–H and O–H groups in total. The van der Waals surface area contributed by atoms with Gasteiger partial charge in [0.05, 0.1) is 29.9 Å². The van der Waals surface area contributed by atoms with Crippen LogP contribution in [0, 0.1) is 0 Å². The Morgan fingerprint density at radius 2 is 1.81 bits per heavy atom. The summed E-state index contributed by atoms with van der Waals surface area (Å²) in [6, 6.07) is 5.49. The smallest absolute Gasteiger partial charge is 0.154 e. The van der Waals surface area contributed by atoms with Gasteiger partial charge >= 0.3 is 0 Å². The first kappa shape index (κ1) is 17.6. The molecule has 120 valence electrons. The molecule has 1 rings (SSSR count). The van der Waals surface area contributed by atoms with Gasteiger partial charge in [0.1, 0.15) is 11.5 Å². The van der Waals surface area contributed by atoms with Gasteiger partial charge in [-0.15, -0.1) is 0 Å². The molecule has 0 bridgehead atoms. The summed E-state index contributed by atoms with van der Waals surface area (Å²) < 4.78 is 34.6. The van der Waals surface area contributed by atoms with Crippen LogP contribution in [0.5, 0.6) is 11.5 Å². The third-order valence-corrected chi connectivity index (χ3v) is 5.19. The number of hydrogen-bond acceptors (Lipinski definition) is 5. The Morgan fingerprint density at radius 1 is 1.14 bits per heavy atom. The molecular formula is C15H25NO4S. The van der Waals surface area contributed by atoms with E-state index < -0.39 is 9.84 Å². The number of anilines is 1. The number of sulfone groups is 1. The first-order chi connectivity index (χ1) is 9.90. The topological polar surface area (TPSA) is 64.6 Å². The minimum Gasteiger partial charge on any atom is -0.494 e. The molecule has 0 aromatic heterocycles. The van der Waals surface area contributed by atoms with E-state index in [4.69, 9.17) is 9.47 Å². The predicted octanol–water partition coefficient (Wildman–Crippen LogP) is 2.72. The second kappa shape index (κ2) is 8.12. The summed E-state index contributed by atoms with van der Waals surface area (Å²) in [6.07, 6.45) is 0. The lowest BCUT2D eigenvalue weighted by atomic mass is 10.2. The van der Waals surface area contributed by atoms with Crippen molar-refractivity contribution in [1.82, 2.24) is 0 Å². The highest BCUT2D eigenvalue weighted by Gasteiger charge is 2.15. The maximum atomic E-state index is 11.8. The van der Waals surface area contributed by atoms with Crippen LogP contribution in [0.2, 0.25) is 0 Å². The van der Waals surface area contributed by atoms with Crippen LogP contribution in [0.15, 0.2) is 18.2 Å². The molecule has 0 heterocycles. The van der Waals surface area contributed by atoms with Crippen LogP contribution in [-0.4, -0.2) is 39.2 Å². The van der Waals surface area contributed by atoms with Crippen LogP contribution in [0.1, 0.15) is 27.7 Å². The molecule has 0 amide bonds. The minimum absolute atomic E-state index is 0.0924. The fraction of sp³-hybridized carbons (Fsp3) is 0.600. The van der Waals surface area contributed by atoms with Crippen molar-refractivity contribution in [3.63, 3.8) is 0 Å². The minimum atomic E-state index is -3.05. The molecular weight excluding hydrogens is 290 g/mol. The Balaban J connectivity index is 2.77. The van der Waals surface area contributed by atoms with Gasteiger partial charge in [0.15, 0.2) is 9.84 Å². The Kier molecular flexibility index (Phi) is 6.81.